The summed E-state index contributed by atoms with van der Waals surface area (Å²) in [7, 11) is 2.13. The minimum Gasteiger partial charge on any atom is -0.370 e. The molecule has 23 nitrogen and oxygen atoms in total. The molecule has 1 spiro atoms. The summed E-state index contributed by atoms with van der Waals surface area (Å²) in [6.07, 6.45) is 0.159. The Hall–Kier alpha value is -5.95. The highest BCUT2D eigenvalue weighted by molar-refractivity contribution is 8.76. The van der Waals surface area contributed by atoms with Crippen molar-refractivity contribution in [1.29, 1.82) is 0 Å². The molecule has 0 bridgehead atoms. The van der Waals surface area contributed by atoms with Crippen LogP contribution < -0.4 is 60.2 Å². The van der Waals surface area contributed by atoms with Gasteiger partial charge in [0.2, 0.25) is 65.0 Å². The van der Waals surface area contributed by atoms with Gasteiger partial charge in [-0.3, -0.25) is 52.7 Å². The highest BCUT2D eigenvalue weighted by Crippen LogP contribution is 2.31. The number of nitrogens with two attached hydrogens (primary N) is 4. The fraction of sp³-hybridized carbons (Fsp3) is 0.622. The van der Waals surface area contributed by atoms with E-state index in [1.807, 2.05) is 38.1 Å². The van der Waals surface area contributed by atoms with E-state index in [0.717, 1.165) is 32.7 Å². The highest BCUT2D eigenvalue weighted by atomic mass is 33.1. The number of primary amides is 3. The Morgan fingerprint density at radius 2 is 1.49 bits per heavy atom. The third-order valence-electron chi connectivity index (χ3n) is 12.5. The molecule has 2 fully saturated rings. The number of benzene rings is 1. The van der Waals surface area contributed by atoms with Crippen molar-refractivity contribution in [2.24, 2.45) is 34.8 Å². The quantitative estimate of drug-likeness (QED) is 0.0781. The van der Waals surface area contributed by atoms with Crippen molar-refractivity contribution in [3.8, 4) is 0 Å². The molecule has 3 aliphatic rings. The van der Waals surface area contributed by atoms with Crippen LogP contribution in [-0.4, -0.2) is 142 Å². The van der Waals surface area contributed by atoms with Gasteiger partial charge in [0.1, 0.15) is 41.8 Å². The maximum atomic E-state index is 14.6. The number of likely N-dealkylation sites (tertiary alicyclic amines) is 1. The van der Waals surface area contributed by atoms with Crippen LogP contribution in [0.3, 0.4) is 0 Å². The molecule has 1 aromatic rings. The monoisotopic (exact) mass is 1020 g/mol. The molecular weight excluding hydrogens is 949 g/mol. The molecule has 4 rings (SSSR count). The van der Waals surface area contributed by atoms with Crippen LogP contribution in [0.5, 0.6) is 0 Å². The summed E-state index contributed by atoms with van der Waals surface area (Å²) in [4.78, 5) is 150. The van der Waals surface area contributed by atoms with E-state index in [1.165, 1.54) is 4.90 Å². The zero-order valence-electron chi connectivity index (χ0n) is 40.0. The van der Waals surface area contributed by atoms with Crippen LogP contribution in [0.15, 0.2) is 24.3 Å². The van der Waals surface area contributed by atoms with Crippen molar-refractivity contribution in [2.45, 2.75) is 140 Å². The lowest BCUT2D eigenvalue weighted by atomic mass is 9.76. The Morgan fingerprint density at radius 3 is 2.13 bits per heavy atom. The van der Waals surface area contributed by atoms with E-state index < -0.39 is 138 Å². The molecular formula is C45H68N12O11S2. The number of carbonyl (C=O) groups is 11. The van der Waals surface area contributed by atoms with Gasteiger partial charge >= 0.3 is 0 Å². The Morgan fingerprint density at radius 1 is 0.829 bits per heavy atom. The normalized spacial score (nSPS) is 26.0. The average Bonchev–Trinajstić information content (AvgIpc) is 3.80. The first kappa shape index (κ1) is 56.6. The Balaban J connectivity index is 1.72. The van der Waals surface area contributed by atoms with Gasteiger partial charge in [0, 0.05) is 30.9 Å². The molecule has 9 atom stereocenters. The van der Waals surface area contributed by atoms with Crippen LogP contribution in [0, 0.1) is 11.8 Å². The highest BCUT2D eigenvalue weighted by Gasteiger charge is 2.46. The van der Waals surface area contributed by atoms with Gasteiger partial charge in [-0.1, -0.05) is 80.0 Å². The molecule has 0 aromatic heterocycles. The summed E-state index contributed by atoms with van der Waals surface area (Å²) in [5.74, 6) is -9.84. The van der Waals surface area contributed by atoms with Crippen molar-refractivity contribution < 1.29 is 52.7 Å². The minimum absolute atomic E-state index is 0.0472. The largest absolute Gasteiger partial charge is 0.370 e. The third-order valence-corrected chi connectivity index (χ3v) is 14.9. The third kappa shape index (κ3) is 16.0. The summed E-state index contributed by atoms with van der Waals surface area (Å²) in [5.41, 5.74) is 22.8. The summed E-state index contributed by atoms with van der Waals surface area (Å²) in [6, 6.07) is -1.97. The predicted molar refractivity (Wildman–Crippen MR) is 260 cm³/mol. The smallest absolute Gasteiger partial charge is 0.246 e. The van der Waals surface area contributed by atoms with Gasteiger partial charge in [0.15, 0.2) is 0 Å². The Bertz CT molecular complexity index is 2150. The number of aryl methyl sites for hydroxylation is 1. The van der Waals surface area contributed by atoms with Crippen molar-refractivity contribution in [2.75, 3.05) is 24.6 Å². The molecule has 15 N–H and O–H groups in total. The lowest BCUT2D eigenvalue weighted by molar-refractivity contribution is -0.142. The number of carbonyl (C=O) groups excluding carboxylic acids is 11. The van der Waals surface area contributed by atoms with Crippen LogP contribution in [0.25, 0.3) is 0 Å². The average molecular weight is 1020 g/mol. The van der Waals surface area contributed by atoms with Crippen LogP contribution in [0.2, 0.25) is 0 Å². The van der Waals surface area contributed by atoms with Gasteiger partial charge in [-0.25, -0.2) is 0 Å². The van der Waals surface area contributed by atoms with Gasteiger partial charge in [-0.15, -0.1) is 0 Å². The number of nitrogens with zero attached hydrogens (tertiary/aromatic N) is 1. The van der Waals surface area contributed by atoms with E-state index in [2.05, 4.69) is 37.2 Å². The molecule has 386 valence electrons. The fourth-order valence-electron chi connectivity index (χ4n) is 8.43. The molecule has 0 saturated carbocycles. The molecule has 2 saturated heterocycles. The molecule has 1 unspecified atom stereocenters. The van der Waals surface area contributed by atoms with Crippen LogP contribution in [0.1, 0.15) is 90.2 Å². The molecule has 2 heterocycles. The van der Waals surface area contributed by atoms with Gasteiger partial charge < -0.3 is 65.1 Å². The van der Waals surface area contributed by atoms with Crippen molar-refractivity contribution >= 4 is 86.6 Å². The molecule has 1 aromatic carbocycles. The summed E-state index contributed by atoms with van der Waals surface area (Å²) >= 11 is 0. The van der Waals surface area contributed by atoms with Crippen LogP contribution in [-0.2, 0) is 65.6 Å². The molecule has 25 heteroatoms. The predicted octanol–water partition coefficient (Wildman–Crippen LogP) is -3.00. The number of rotatable bonds is 15. The van der Waals surface area contributed by atoms with E-state index >= 15 is 0 Å². The summed E-state index contributed by atoms with van der Waals surface area (Å²) in [6.45, 7) is 6.73. The standard InChI is InChI=1S/C45H68N12O11S2/c1-5-24(4)36-42(66)51-28(12-13-33(47)58)39(63)52-30(18-34(48)59)40(64)54-31(43(67)57-16-8-11-32(57)41(65)53-29(17-23(2)3)38(62)50-20-35(49)60)22-70-69-21-27(46)37(61)56-45(44(68)55-36)15-14-25-9-6-7-10-26(25)19-45/h6-7,9-10,23-24,27-32,36H,5,8,11-22,46H2,1-4H3,(H2,47,58)(H2,48,59)(H2,49,60)(H,50,62)(H,51,66)(H,52,63)(H,53,65)(H,54,64)(H,55,68)(H,56,61)/t24-,27-,28?,29-,30-,31-,32-,36-,45+/m0/s1. The number of amides is 11. The second-order valence-corrected chi connectivity index (χ2v) is 21.0. The van der Waals surface area contributed by atoms with Gasteiger partial charge in [0.25, 0.3) is 0 Å². The van der Waals surface area contributed by atoms with Crippen molar-refractivity contribution in [3.05, 3.63) is 35.4 Å². The van der Waals surface area contributed by atoms with Crippen molar-refractivity contribution in [3.63, 3.8) is 0 Å². The molecule has 1 aliphatic carbocycles. The van der Waals surface area contributed by atoms with Crippen molar-refractivity contribution in [1.82, 2.24) is 42.1 Å². The number of nitrogens with one attached hydrogen (secondary N) is 7. The lowest BCUT2D eigenvalue weighted by Crippen LogP contribution is -2.67. The number of hydrogen-bond donors (Lipinski definition) is 11. The summed E-state index contributed by atoms with van der Waals surface area (Å²) in [5, 5.41) is 18.4. The minimum atomic E-state index is -1.74. The topological polar surface area (TPSA) is 379 Å². The van der Waals surface area contributed by atoms with E-state index in [1.54, 1.807) is 13.8 Å². The number of hydrogen-bond acceptors (Lipinski definition) is 14. The first-order chi connectivity index (χ1) is 33.0. The van der Waals surface area contributed by atoms with Crippen LogP contribution >= 0.6 is 21.6 Å². The Labute approximate surface area is 414 Å². The van der Waals surface area contributed by atoms with Gasteiger partial charge in [0.05, 0.1) is 19.0 Å². The van der Waals surface area contributed by atoms with Gasteiger partial charge in [-0.05, 0) is 61.5 Å². The molecule has 11 amide bonds. The van der Waals surface area contributed by atoms with Gasteiger partial charge in [-0.2, -0.15) is 0 Å². The summed E-state index contributed by atoms with van der Waals surface area (Å²) < 4.78 is 0. The SMILES string of the molecule is CC[C@H](C)[C@@H]1NC(=O)[C@]2(CCc3ccccc3C2)NC(=O)[C@@H](N)CSSC[C@@H](C(=O)N2CCC[C@H]2C(=O)N[C@@H](CC(C)C)C(=O)NCC(N)=O)NC(=O)[C@H](CC(N)=O)NC(=O)C(CCC(N)=O)NC1=O. The second-order valence-electron chi connectivity index (χ2n) is 18.5. The molecule has 2 aliphatic heterocycles. The van der Waals surface area contributed by atoms with E-state index in [-0.39, 0.29) is 56.1 Å². The van der Waals surface area contributed by atoms with Crippen LogP contribution in [0.4, 0.5) is 0 Å². The van der Waals surface area contributed by atoms with E-state index in [9.17, 15) is 52.7 Å². The zero-order valence-corrected chi connectivity index (χ0v) is 41.6. The maximum Gasteiger partial charge on any atom is 0.246 e. The first-order valence-electron chi connectivity index (χ1n) is 23.4. The van der Waals surface area contributed by atoms with E-state index in [4.69, 9.17) is 22.9 Å². The maximum absolute atomic E-state index is 14.6. The number of fused-ring (bicyclic) bond motifs is 1. The zero-order chi connectivity index (χ0) is 51.9. The first-order valence-corrected chi connectivity index (χ1v) is 25.9. The fourth-order valence-corrected chi connectivity index (χ4v) is 10.7. The molecule has 70 heavy (non-hydrogen) atoms. The second kappa shape index (κ2) is 26.3. The molecule has 0 radical (unpaired) electrons. The Kier molecular flexibility index (Phi) is 21.3. The van der Waals surface area contributed by atoms with E-state index in [0.29, 0.717) is 19.3 Å². The lowest BCUT2D eigenvalue weighted by Gasteiger charge is -2.39.